The van der Waals surface area contributed by atoms with Gasteiger partial charge in [0.2, 0.25) is 0 Å². The molecule has 0 saturated heterocycles. The zero-order valence-electron chi connectivity index (χ0n) is 10.4. The minimum atomic E-state index is 0.503. The van der Waals surface area contributed by atoms with Gasteiger partial charge in [0.1, 0.15) is 0 Å². The molecular formula is C15H21N. The second-order valence-electron chi connectivity index (χ2n) is 4.89. The lowest BCUT2D eigenvalue weighted by atomic mass is 9.98. The van der Waals surface area contributed by atoms with Crippen molar-refractivity contribution in [3.8, 4) is 0 Å². The molecule has 2 rings (SSSR count). The average Bonchev–Trinajstić information content (AvgIpc) is 2.32. The van der Waals surface area contributed by atoms with E-state index in [0.717, 1.165) is 6.54 Å². The molecule has 86 valence electrons. The minimum Gasteiger partial charge on any atom is -0.290 e. The fourth-order valence-electron chi connectivity index (χ4n) is 2.45. The Balaban J connectivity index is 2.16. The van der Waals surface area contributed by atoms with Crippen LogP contribution < -0.4 is 0 Å². The summed E-state index contributed by atoms with van der Waals surface area (Å²) in [4.78, 5) is 2.57. The van der Waals surface area contributed by atoms with Crippen LogP contribution in [0.5, 0.6) is 0 Å². The summed E-state index contributed by atoms with van der Waals surface area (Å²) in [6.45, 7) is 8.03. The van der Waals surface area contributed by atoms with E-state index in [0.29, 0.717) is 18.0 Å². The van der Waals surface area contributed by atoms with Gasteiger partial charge >= 0.3 is 0 Å². The molecule has 0 unspecified atom stereocenters. The van der Waals surface area contributed by atoms with Gasteiger partial charge in [0.05, 0.1) is 0 Å². The molecular weight excluding hydrogens is 194 g/mol. The van der Waals surface area contributed by atoms with Crippen LogP contribution in [0.25, 0.3) is 0 Å². The van der Waals surface area contributed by atoms with Gasteiger partial charge in [-0.05, 0) is 25.3 Å². The summed E-state index contributed by atoms with van der Waals surface area (Å²) >= 11 is 0. The topological polar surface area (TPSA) is 3.24 Å². The highest BCUT2D eigenvalue weighted by molar-refractivity contribution is 5.19. The van der Waals surface area contributed by atoms with Gasteiger partial charge in [0, 0.05) is 18.6 Å². The Morgan fingerprint density at radius 2 is 1.81 bits per heavy atom. The molecule has 16 heavy (non-hydrogen) atoms. The molecule has 1 aliphatic heterocycles. The van der Waals surface area contributed by atoms with Crippen molar-refractivity contribution in [3.05, 3.63) is 48.0 Å². The molecule has 0 N–H and O–H groups in total. The first-order valence-corrected chi connectivity index (χ1v) is 6.17. The van der Waals surface area contributed by atoms with E-state index in [4.69, 9.17) is 0 Å². The third-order valence-corrected chi connectivity index (χ3v) is 3.52. The Bertz CT molecular complexity index is 355. The van der Waals surface area contributed by atoms with Crippen LogP contribution >= 0.6 is 0 Å². The highest BCUT2D eigenvalue weighted by atomic mass is 15.2. The van der Waals surface area contributed by atoms with Gasteiger partial charge in [-0.1, -0.05) is 49.4 Å². The summed E-state index contributed by atoms with van der Waals surface area (Å²) in [5.41, 5.74) is 1.41. The molecule has 0 fully saturated rings. The van der Waals surface area contributed by atoms with Gasteiger partial charge in [-0.3, -0.25) is 4.90 Å². The van der Waals surface area contributed by atoms with Gasteiger partial charge in [0.15, 0.2) is 0 Å². The molecule has 0 saturated carbocycles. The zero-order valence-corrected chi connectivity index (χ0v) is 10.4. The lowest BCUT2D eigenvalue weighted by Crippen LogP contribution is -2.39. The van der Waals surface area contributed by atoms with E-state index in [9.17, 15) is 0 Å². The van der Waals surface area contributed by atoms with E-state index in [1.54, 1.807) is 0 Å². The Morgan fingerprint density at radius 3 is 2.50 bits per heavy atom. The maximum Gasteiger partial charge on any atom is 0.0325 e. The normalized spacial score (nSPS) is 27.9. The number of rotatable bonds is 2. The maximum absolute atomic E-state index is 2.57. The number of benzene rings is 1. The largest absolute Gasteiger partial charge is 0.290 e. The molecule has 1 aromatic carbocycles. The van der Waals surface area contributed by atoms with Crippen LogP contribution in [0, 0.1) is 5.92 Å². The molecule has 1 heteroatoms. The summed E-state index contributed by atoms with van der Waals surface area (Å²) in [5, 5.41) is 0. The minimum absolute atomic E-state index is 0.503. The highest BCUT2D eigenvalue weighted by Crippen LogP contribution is 2.26. The maximum atomic E-state index is 2.57. The van der Waals surface area contributed by atoms with E-state index in [1.807, 2.05) is 0 Å². The second kappa shape index (κ2) is 4.84. The summed E-state index contributed by atoms with van der Waals surface area (Å²) in [5.74, 6) is 0.669. The van der Waals surface area contributed by atoms with Gasteiger partial charge < -0.3 is 0 Å². The van der Waals surface area contributed by atoms with Crippen LogP contribution in [-0.4, -0.2) is 17.5 Å². The zero-order chi connectivity index (χ0) is 11.5. The van der Waals surface area contributed by atoms with Crippen LogP contribution in [0.2, 0.25) is 0 Å². The first-order chi connectivity index (χ1) is 7.68. The van der Waals surface area contributed by atoms with E-state index < -0.39 is 0 Å². The summed E-state index contributed by atoms with van der Waals surface area (Å²) in [7, 11) is 0. The molecule has 1 heterocycles. The Labute approximate surface area is 98.8 Å². The van der Waals surface area contributed by atoms with Crippen molar-refractivity contribution in [3.63, 3.8) is 0 Å². The molecule has 0 bridgehead atoms. The summed E-state index contributed by atoms with van der Waals surface area (Å²) in [6, 6.07) is 11.8. The lowest BCUT2D eigenvalue weighted by Gasteiger charge is -2.37. The van der Waals surface area contributed by atoms with Crippen LogP contribution in [0.1, 0.15) is 32.4 Å². The van der Waals surface area contributed by atoms with Gasteiger partial charge in [0.25, 0.3) is 0 Å². The quantitative estimate of drug-likeness (QED) is 0.681. The average molecular weight is 215 g/mol. The van der Waals surface area contributed by atoms with Crippen molar-refractivity contribution in [1.29, 1.82) is 0 Å². The van der Waals surface area contributed by atoms with Crippen molar-refractivity contribution < 1.29 is 0 Å². The van der Waals surface area contributed by atoms with Crippen molar-refractivity contribution in [2.75, 3.05) is 6.54 Å². The summed E-state index contributed by atoms with van der Waals surface area (Å²) < 4.78 is 0. The first kappa shape index (κ1) is 11.4. The lowest BCUT2D eigenvalue weighted by molar-refractivity contribution is 0.155. The first-order valence-electron chi connectivity index (χ1n) is 6.17. The second-order valence-corrected chi connectivity index (χ2v) is 4.89. The number of nitrogens with zero attached hydrogens (tertiary/aromatic N) is 1. The molecule has 0 aromatic heterocycles. The van der Waals surface area contributed by atoms with Gasteiger partial charge in [-0.2, -0.15) is 0 Å². The molecule has 0 aliphatic carbocycles. The van der Waals surface area contributed by atoms with Crippen molar-refractivity contribution in [1.82, 2.24) is 4.90 Å². The molecule has 0 spiro atoms. The summed E-state index contributed by atoms with van der Waals surface area (Å²) in [6.07, 6.45) is 4.66. The smallest absolute Gasteiger partial charge is 0.0325 e. The SMILES string of the molecule is C[C@@H]1C=C[C@@H](C)N([C@@H](C)c2ccccc2)C1. The molecule has 0 radical (unpaired) electrons. The van der Waals surface area contributed by atoms with E-state index in [1.165, 1.54) is 5.56 Å². The predicted octanol–water partition coefficient (Wildman–Crippen LogP) is 3.64. The van der Waals surface area contributed by atoms with E-state index in [2.05, 4.69) is 68.2 Å². The van der Waals surface area contributed by atoms with Crippen LogP contribution in [0.3, 0.4) is 0 Å². The van der Waals surface area contributed by atoms with E-state index >= 15 is 0 Å². The fourth-order valence-corrected chi connectivity index (χ4v) is 2.45. The van der Waals surface area contributed by atoms with Crippen LogP contribution in [0.15, 0.2) is 42.5 Å². The van der Waals surface area contributed by atoms with Crippen LogP contribution in [-0.2, 0) is 0 Å². The standard InChI is InChI=1S/C15H21N/c1-12-9-10-13(2)16(11-12)14(3)15-7-5-4-6-8-15/h4-10,12-14H,11H2,1-3H3/t12-,13-,14+/m1/s1. The highest BCUT2D eigenvalue weighted by Gasteiger charge is 2.23. The fraction of sp³-hybridized carbons (Fsp3) is 0.467. The molecule has 1 aliphatic rings. The Kier molecular flexibility index (Phi) is 3.45. The molecule has 1 aromatic rings. The Morgan fingerprint density at radius 1 is 1.12 bits per heavy atom. The number of hydrogen-bond acceptors (Lipinski definition) is 1. The monoisotopic (exact) mass is 215 g/mol. The predicted molar refractivity (Wildman–Crippen MR) is 69.3 cm³/mol. The number of hydrogen-bond donors (Lipinski definition) is 0. The van der Waals surface area contributed by atoms with Crippen molar-refractivity contribution in [2.24, 2.45) is 5.92 Å². The Hall–Kier alpha value is -1.08. The van der Waals surface area contributed by atoms with Crippen molar-refractivity contribution in [2.45, 2.75) is 32.9 Å². The third kappa shape index (κ3) is 2.35. The molecule has 3 atom stereocenters. The van der Waals surface area contributed by atoms with Crippen molar-refractivity contribution >= 4 is 0 Å². The van der Waals surface area contributed by atoms with Gasteiger partial charge in [-0.15, -0.1) is 0 Å². The molecule has 1 nitrogen and oxygen atoms in total. The molecule has 0 amide bonds. The van der Waals surface area contributed by atoms with Gasteiger partial charge in [-0.25, -0.2) is 0 Å². The third-order valence-electron chi connectivity index (χ3n) is 3.52. The van der Waals surface area contributed by atoms with Crippen LogP contribution in [0.4, 0.5) is 0 Å². The van der Waals surface area contributed by atoms with E-state index in [-0.39, 0.29) is 0 Å².